The largest absolute Gasteiger partial charge is 0.449 e. The van der Waals surface area contributed by atoms with E-state index in [9.17, 15) is 9.59 Å². The minimum atomic E-state index is -0.926. The van der Waals surface area contributed by atoms with Gasteiger partial charge in [-0.25, -0.2) is 4.79 Å². The summed E-state index contributed by atoms with van der Waals surface area (Å²) in [7, 11) is 0. The Hall–Kier alpha value is -3.21. The molecule has 3 aromatic rings. The maximum atomic E-state index is 13.0. The molecule has 5 nitrogen and oxygen atoms in total. The van der Waals surface area contributed by atoms with E-state index < -0.39 is 12.1 Å². The number of carbonyl (C=O) groups is 2. The number of fused-ring (bicyclic) bond motifs is 1. The topological polar surface area (TPSA) is 68.3 Å². The Morgan fingerprint density at radius 2 is 1.72 bits per heavy atom. The van der Waals surface area contributed by atoms with E-state index >= 15 is 0 Å². The smallest absolute Gasteiger partial charge is 0.339 e. The highest BCUT2D eigenvalue weighted by atomic mass is 16.5. The van der Waals surface area contributed by atoms with Crippen LogP contribution in [0.2, 0.25) is 0 Å². The molecule has 0 saturated heterocycles. The molecule has 0 unspecified atom stereocenters. The number of para-hydroxylation sites is 1. The van der Waals surface area contributed by atoms with Crippen LogP contribution in [0.4, 0.5) is 5.69 Å². The summed E-state index contributed by atoms with van der Waals surface area (Å²) in [5.41, 5.74) is 4.72. The maximum absolute atomic E-state index is 13.0. The summed E-state index contributed by atoms with van der Waals surface area (Å²) < 4.78 is 5.52. The van der Waals surface area contributed by atoms with Crippen LogP contribution >= 0.6 is 0 Å². The number of nitrogens with zero attached hydrogens (tertiary/aromatic N) is 1. The molecule has 1 heterocycles. The molecule has 3 rings (SSSR count). The molecule has 5 heteroatoms. The highest BCUT2D eigenvalue weighted by molar-refractivity contribution is 6.06. The van der Waals surface area contributed by atoms with Crippen LogP contribution in [-0.2, 0) is 22.4 Å². The molecule has 1 aromatic heterocycles. The predicted octanol–water partition coefficient (Wildman–Crippen LogP) is 4.85. The number of carbonyl (C=O) groups excluding carboxylic acids is 2. The normalized spacial score (nSPS) is 11.9. The van der Waals surface area contributed by atoms with Gasteiger partial charge in [0, 0.05) is 16.8 Å². The van der Waals surface area contributed by atoms with Gasteiger partial charge in [-0.1, -0.05) is 44.2 Å². The van der Waals surface area contributed by atoms with Crippen LogP contribution in [0.15, 0.2) is 48.5 Å². The number of esters is 1. The molecule has 0 aliphatic carbocycles. The second kappa shape index (κ2) is 8.86. The molecular weight excluding hydrogens is 364 g/mol. The SMILES string of the molecule is CCc1ccc(NC(=O)[C@@H](C)OC(=O)c2c(C)c(CC)nc3ccccc23)cc1. The first kappa shape index (κ1) is 20.5. The van der Waals surface area contributed by atoms with Gasteiger partial charge in [0.15, 0.2) is 6.10 Å². The summed E-state index contributed by atoms with van der Waals surface area (Å²) in [6.07, 6.45) is 0.715. The first-order valence-corrected chi connectivity index (χ1v) is 9.93. The van der Waals surface area contributed by atoms with E-state index in [4.69, 9.17) is 4.74 Å². The molecule has 29 heavy (non-hydrogen) atoms. The molecule has 0 fully saturated rings. The molecule has 0 saturated carbocycles. The van der Waals surface area contributed by atoms with Crippen molar-refractivity contribution in [2.45, 2.75) is 46.6 Å². The number of nitrogens with one attached hydrogen (secondary N) is 1. The van der Waals surface area contributed by atoms with Crippen LogP contribution in [-0.4, -0.2) is 23.0 Å². The first-order chi connectivity index (χ1) is 13.9. The number of amides is 1. The molecular formula is C24H26N2O3. The second-order valence-corrected chi connectivity index (χ2v) is 7.02. The monoisotopic (exact) mass is 390 g/mol. The van der Waals surface area contributed by atoms with E-state index in [0.29, 0.717) is 17.7 Å². The average Bonchev–Trinajstić information content (AvgIpc) is 2.73. The third-order valence-corrected chi connectivity index (χ3v) is 5.06. The molecule has 1 amide bonds. The van der Waals surface area contributed by atoms with E-state index in [0.717, 1.165) is 28.6 Å². The second-order valence-electron chi connectivity index (χ2n) is 7.02. The number of aromatic nitrogens is 1. The number of aryl methyl sites for hydroxylation is 2. The number of ether oxygens (including phenoxy) is 1. The van der Waals surface area contributed by atoms with E-state index in [-0.39, 0.29) is 5.91 Å². The zero-order valence-corrected chi connectivity index (χ0v) is 17.3. The van der Waals surface area contributed by atoms with Crippen molar-refractivity contribution in [3.8, 4) is 0 Å². The number of benzene rings is 2. The summed E-state index contributed by atoms with van der Waals surface area (Å²) in [5.74, 6) is -0.880. The van der Waals surface area contributed by atoms with Crippen molar-refractivity contribution >= 4 is 28.5 Å². The lowest BCUT2D eigenvalue weighted by atomic mass is 10.0. The Morgan fingerprint density at radius 1 is 1.03 bits per heavy atom. The summed E-state index contributed by atoms with van der Waals surface area (Å²) in [4.78, 5) is 30.1. The predicted molar refractivity (Wildman–Crippen MR) is 115 cm³/mol. The van der Waals surface area contributed by atoms with Crippen molar-refractivity contribution in [2.75, 3.05) is 5.32 Å². The molecule has 0 spiro atoms. The third kappa shape index (κ3) is 4.45. The number of hydrogen-bond acceptors (Lipinski definition) is 4. The van der Waals surface area contributed by atoms with Gasteiger partial charge >= 0.3 is 5.97 Å². The Bertz CT molecular complexity index is 1040. The Kier molecular flexibility index (Phi) is 6.27. The summed E-state index contributed by atoms with van der Waals surface area (Å²) in [5, 5.41) is 3.53. The quantitative estimate of drug-likeness (QED) is 0.611. The van der Waals surface area contributed by atoms with Gasteiger partial charge in [0.1, 0.15) is 0 Å². The van der Waals surface area contributed by atoms with E-state index in [1.165, 1.54) is 5.56 Å². The van der Waals surface area contributed by atoms with Crippen LogP contribution in [0.3, 0.4) is 0 Å². The van der Waals surface area contributed by atoms with Gasteiger partial charge in [-0.05, 0) is 56.0 Å². The number of hydrogen-bond donors (Lipinski definition) is 1. The van der Waals surface area contributed by atoms with Gasteiger partial charge in [0.05, 0.1) is 11.1 Å². The van der Waals surface area contributed by atoms with Crippen molar-refractivity contribution < 1.29 is 14.3 Å². The highest BCUT2D eigenvalue weighted by Crippen LogP contribution is 2.25. The fraction of sp³-hybridized carbons (Fsp3) is 0.292. The minimum absolute atomic E-state index is 0.366. The maximum Gasteiger partial charge on any atom is 0.339 e. The van der Waals surface area contributed by atoms with Crippen LogP contribution in [0, 0.1) is 6.92 Å². The van der Waals surface area contributed by atoms with Gasteiger partial charge in [-0.2, -0.15) is 0 Å². The van der Waals surface area contributed by atoms with Crippen LogP contribution in [0.1, 0.15) is 48.0 Å². The van der Waals surface area contributed by atoms with Crippen LogP contribution in [0.25, 0.3) is 10.9 Å². The van der Waals surface area contributed by atoms with Crippen molar-refractivity contribution in [2.24, 2.45) is 0 Å². The van der Waals surface area contributed by atoms with Crippen molar-refractivity contribution in [1.29, 1.82) is 0 Å². The van der Waals surface area contributed by atoms with Gasteiger partial charge in [-0.15, -0.1) is 0 Å². The summed E-state index contributed by atoms with van der Waals surface area (Å²) >= 11 is 0. The highest BCUT2D eigenvalue weighted by Gasteiger charge is 2.23. The molecule has 0 aliphatic heterocycles. The van der Waals surface area contributed by atoms with Crippen molar-refractivity contribution in [3.05, 3.63) is 70.9 Å². The third-order valence-electron chi connectivity index (χ3n) is 5.06. The van der Waals surface area contributed by atoms with Gasteiger partial charge in [-0.3, -0.25) is 9.78 Å². The lowest BCUT2D eigenvalue weighted by Gasteiger charge is -2.17. The van der Waals surface area contributed by atoms with Crippen LogP contribution in [0.5, 0.6) is 0 Å². The number of rotatable bonds is 6. The molecule has 1 atom stereocenters. The first-order valence-electron chi connectivity index (χ1n) is 9.93. The molecule has 0 bridgehead atoms. The van der Waals surface area contributed by atoms with Crippen molar-refractivity contribution in [1.82, 2.24) is 4.98 Å². The zero-order chi connectivity index (χ0) is 21.0. The van der Waals surface area contributed by atoms with E-state index in [1.54, 1.807) is 6.92 Å². The Labute approximate surface area is 171 Å². The average molecular weight is 390 g/mol. The fourth-order valence-corrected chi connectivity index (χ4v) is 3.31. The minimum Gasteiger partial charge on any atom is -0.449 e. The van der Waals surface area contributed by atoms with Gasteiger partial charge in [0.2, 0.25) is 0 Å². The molecule has 0 aliphatic rings. The van der Waals surface area contributed by atoms with Gasteiger partial charge < -0.3 is 10.1 Å². The molecule has 1 N–H and O–H groups in total. The number of anilines is 1. The van der Waals surface area contributed by atoms with E-state index in [2.05, 4.69) is 17.2 Å². The fourth-order valence-electron chi connectivity index (χ4n) is 3.31. The zero-order valence-electron chi connectivity index (χ0n) is 17.3. The van der Waals surface area contributed by atoms with Crippen LogP contribution < -0.4 is 5.32 Å². The lowest BCUT2D eigenvalue weighted by molar-refractivity contribution is -0.123. The molecule has 2 aromatic carbocycles. The Balaban J connectivity index is 1.80. The van der Waals surface area contributed by atoms with Gasteiger partial charge in [0.25, 0.3) is 5.91 Å². The van der Waals surface area contributed by atoms with E-state index in [1.807, 2.05) is 62.4 Å². The molecule has 0 radical (unpaired) electrons. The number of pyridine rings is 1. The Morgan fingerprint density at radius 3 is 2.38 bits per heavy atom. The lowest BCUT2D eigenvalue weighted by Crippen LogP contribution is -2.30. The standard InChI is InChI=1S/C24H26N2O3/c1-5-17-11-13-18(14-12-17)25-23(27)16(4)29-24(28)22-15(3)20(6-2)26-21-10-8-7-9-19(21)22/h7-14,16H,5-6H2,1-4H3,(H,25,27)/t16-/m1/s1. The van der Waals surface area contributed by atoms with Crippen molar-refractivity contribution in [3.63, 3.8) is 0 Å². The summed E-state index contributed by atoms with van der Waals surface area (Å²) in [6, 6.07) is 15.1. The molecule has 150 valence electrons. The summed E-state index contributed by atoms with van der Waals surface area (Å²) in [6.45, 7) is 7.52.